The van der Waals surface area contributed by atoms with Crippen molar-refractivity contribution < 1.29 is 19.1 Å². The lowest BCUT2D eigenvalue weighted by atomic mass is 10.1. The van der Waals surface area contributed by atoms with Crippen LogP contribution in [0.1, 0.15) is 28.4 Å². The second-order valence-electron chi connectivity index (χ2n) is 5.66. The molecule has 0 aliphatic heterocycles. The van der Waals surface area contributed by atoms with Crippen molar-refractivity contribution in [1.82, 2.24) is 0 Å². The van der Waals surface area contributed by atoms with Gasteiger partial charge >= 0.3 is 0 Å². The molecule has 0 aromatic heterocycles. The first kappa shape index (κ1) is 19.0. The third-order valence-electron chi connectivity index (χ3n) is 3.81. The average Bonchev–Trinajstić information content (AvgIpc) is 2.59. The summed E-state index contributed by atoms with van der Waals surface area (Å²) >= 11 is 3.29. The van der Waals surface area contributed by atoms with Gasteiger partial charge in [-0.1, -0.05) is 18.2 Å². The highest BCUT2D eigenvalue weighted by atomic mass is 79.9. The quantitative estimate of drug-likeness (QED) is 0.727. The Morgan fingerprint density at radius 3 is 2.40 bits per heavy atom. The van der Waals surface area contributed by atoms with Gasteiger partial charge in [0.1, 0.15) is 0 Å². The largest absolute Gasteiger partial charge is 0.493 e. The highest BCUT2D eigenvalue weighted by Crippen LogP contribution is 2.33. The van der Waals surface area contributed by atoms with Crippen molar-refractivity contribution in [2.45, 2.75) is 26.9 Å². The molecular weight excluding hydrogens is 386 g/mol. The zero-order valence-electron chi connectivity index (χ0n) is 14.6. The minimum absolute atomic E-state index is 0.282. The molecule has 0 fully saturated rings. The van der Waals surface area contributed by atoms with Gasteiger partial charge < -0.3 is 14.8 Å². The molecule has 0 unspecified atom stereocenters. The Morgan fingerprint density at radius 1 is 1.20 bits per heavy atom. The van der Waals surface area contributed by atoms with E-state index in [2.05, 4.69) is 21.2 Å². The molecule has 2 aromatic carbocycles. The number of ether oxygens (including phenoxy) is 2. The van der Waals surface area contributed by atoms with Crippen LogP contribution < -0.4 is 14.8 Å². The molecule has 25 heavy (non-hydrogen) atoms. The highest BCUT2D eigenvalue weighted by Gasteiger charge is 2.19. The number of nitrogens with one attached hydrogen (secondary N) is 1. The highest BCUT2D eigenvalue weighted by molar-refractivity contribution is 9.10. The molecule has 0 saturated carbocycles. The maximum absolute atomic E-state index is 12.5. The molecule has 1 atom stereocenters. The number of aryl methyl sites for hydroxylation is 2. The van der Waals surface area contributed by atoms with Gasteiger partial charge in [0, 0.05) is 15.7 Å². The fourth-order valence-electron chi connectivity index (χ4n) is 2.37. The number of hydrogen-bond donors (Lipinski definition) is 1. The van der Waals surface area contributed by atoms with Crippen molar-refractivity contribution in [3.8, 4) is 11.5 Å². The molecule has 2 aromatic rings. The van der Waals surface area contributed by atoms with Crippen LogP contribution >= 0.6 is 15.9 Å². The van der Waals surface area contributed by atoms with E-state index in [4.69, 9.17) is 9.47 Å². The SMILES string of the molecule is COc1cc(Br)c(C=O)cc1O[C@H](C)C(=O)Nc1c(C)cccc1C. The van der Waals surface area contributed by atoms with Crippen molar-refractivity contribution in [2.24, 2.45) is 0 Å². The number of carbonyl (C=O) groups is 2. The summed E-state index contributed by atoms with van der Waals surface area (Å²) in [5.41, 5.74) is 3.15. The fourth-order valence-corrected chi connectivity index (χ4v) is 2.79. The predicted octanol–water partition coefficient (Wildman–Crippen LogP) is 4.29. The van der Waals surface area contributed by atoms with Crippen molar-refractivity contribution in [3.05, 3.63) is 51.5 Å². The molecule has 0 saturated heterocycles. The van der Waals surface area contributed by atoms with E-state index < -0.39 is 6.10 Å². The summed E-state index contributed by atoms with van der Waals surface area (Å²) in [5.74, 6) is 0.483. The molecule has 0 heterocycles. The Kier molecular flexibility index (Phi) is 6.20. The topological polar surface area (TPSA) is 64.6 Å². The standard InChI is InChI=1S/C19H20BrNO4/c1-11-6-5-7-12(2)18(11)21-19(23)13(3)25-17-8-14(10-22)15(20)9-16(17)24-4/h5-10,13H,1-4H3,(H,21,23)/t13-/m1/s1. The van der Waals surface area contributed by atoms with Gasteiger partial charge in [-0.05, 0) is 60.0 Å². The van der Waals surface area contributed by atoms with Gasteiger partial charge in [-0.15, -0.1) is 0 Å². The van der Waals surface area contributed by atoms with E-state index in [0.29, 0.717) is 27.8 Å². The van der Waals surface area contributed by atoms with Crippen LogP contribution in [0.2, 0.25) is 0 Å². The first-order chi connectivity index (χ1) is 11.9. The second kappa shape index (κ2) is 8.16. The van der Waals surface area contributed by atoms with Crippen molar-refractivity contribution >= 4 is 33.8 Å². The molecule has 0 bridgehead atoms. The number of methoxy groups -OCH3 is 1. The number of amides is 1. The van der Waals surface area contributed by atoms with Gasteiger partial charge in [0.05, 0.1) is 7.11 Å². The first-order valence-corrected chi connectivity index (χ1v) is 8.53. The Labute approximate surface area is 155 Å². The minimum atomic E-state index is -0.770. The zero-order valence-corrected chi connectivity index (χ0v) is 16.1. The van der Waals surface area contributed by atoms with E-state index in [0.717, 1.165) is 16.8 Å². The predicted molar refractivity (Wildman–Crippen MR) is 101 cm³/mol. The fraction of sp³-hybridized carbons (Fsp3) is 0.263. The second-order valence-corrected chi connectivity index (χ2v) is 6.51. The van der Waals surface area contributed by atoms with E-state index >= 15 is 0 Å². The normalized spacial score (nSPS) is 11.6. The smallest absolute Gasteiger partial charge is 0.265 e. The number of rotatable bonds is 6. The molecule has 5 nitrogen and oxygen atoms in total. The molecule has 6 heteroatoms. The molecule has 132 valence electrons. The van der Waals surface area contributed by atoms with Gasteiger partial charge in [-0.25, -0.2) is 0 Å². The maximum atomic E-state index is 12.5. The Hall–Kier alpha value is -2.34. The van der Waals surface area contributed by atoms with E-state index in [1.54, 1.807) is 19.1 Å². The molecule has 2 rings (SSSR count). The molecule has 0 spiro atoms. The number of aldehydes is 1. The zero-order chi connectivity index (χ0) is 18.6. The van der Waals surface area contributed by atoms with E-state index in [1.807, 2.05) is 32.0 Å². The number of hydrogen-bond acceptors (Lipinski definition) is 4. The van der Waals surface area contributed by atoms with Gasteiger partial charge in [0.25, 0.3) is 5.91 Å². The number of halogens is 1. The summed E-state index contributed by atoms with van der Waals surface area (Å²) in [6, 6.07) is 8.98. The van der Waals surface area contributed by atoms with Crippen LogP contribution in [0.3, 0.4) is 0 Å². The van der Waals surface area contributed by atoms with Gasteiger partial charge in [-0.3, -0.25) is 9.59 Å². The molecule has 0 radical (unpaired) electrons. The van der Waals surface area contributed by atoms with Gasteiger partial charge in [-0.2, -0.15) is 0 Å². The Balaban J connectivity index is 2.20. The monoisotopic (exact) mass is 405 g/mol. The molecule has 0 aliphatic rings. The van der Waals surface area contributed by atoms with Gasteiger partial charge in [0.15, 0.2) is 23.9 Å². The summed E-state index contributed by atoms with van der Waals surface area (Å²) in [5, 5.41) is 2.89. The summed E-state index contributed by atoms with van der Waals surface area (Å²) in [6.45, 7) is 5.51. The summed E-state index contributed by atoms with van der Waals surface area (Å²) in [6.07, 6.45) is -0.0637. The van der Waals surface area contributed by atoms with Crippen LogP contribution in [-0.4, -0.2) is 25.4 Å². The van der Waals surface area contributed by atoms with Gasteiger partial charge in [0.2, 0.25) is 0 Å². The number of para-hydroxylation sites is 1. The number of anilines is 1. The van der Waals surface area contributed by atoms with Crippen molar-refractivity contribution in [1.29, 1.82) is 0 Å². The first-order valence-electron chi connectivity index (χ1n) is 7.73. The van der Waals surface area contributed by atoms with Crippen molar-refractivity contribution in [2.75, 3.05) is 12.4 Å². The average molecular weight is 406 g/mol. The number of benzene rings is 2. The van der Waals surface area contributed by atoms with E-state index in [9.17, 15) is 9.59 Å². The Morgan fingerprint density at radius 2 is 1.84 bits per heavy atom. The van der Waals surface area contributed by atoms with Crippen molar-refractivity contribution in [3.63, 3.8) is 0 Å². The van der Waals surface area contributed by atoms with Crippen LogP contribution in [0, 0.1) is 13.8 Å². The number of carbonyl (C=O) groups excluding carboxylic acids is 2. The Bertz CT molecular complexity index is 784. The van der Waals surface area contributed by atoms with Crippen LogP contribution in [0.25, 0.3) is 0 Å². The lowest BCUT2D eigenvalue weighted by molar-refractivity contribution is -0.122. The lowest BCUT2D eigenvalue weighted by Gasteiger charge is -2.19. The summed E-state index contributed by atoms with van der Waals surface area (Å²) in [7, 11) is 1.50. The van der Waals surface area contributed by atoms with Crippen LogP contribution in [0.15, 0.2) is 34.8 Å². The molecule has 1 N–H and O–H groups in total. The molecule has 0 aliphatic carbocycles. The van der Waals surface area contributed by atoms with Crippen LogP contribution in [-0.2, 0) is 4.79 Å². The third-order valence-corrected chi connectivity index (χ3v) is 4.50. The minimum Gasteiger partial charge on any atom is -0.493 e. The summed E-state index contributed by atoms with van der Waals surface area (Å²) < 4.78 is 11.6. The lowest BCUT2D eigenvalue weighted by Crippen LogP contribution is -2.30. The van der Waals surface area contributed by atoms with E-state index in [-0.39, 0.29) is 5.91 Å². The molecular formula is C19H20BrNO4. The molecule has 1 amide bonds. The third kappa shape index (κ3) is 4.39. The summed E-state index contributed by atoms with van der Waals surface area (Å²) in [4.78, 5) is 23.6. The van der Waals surface area contributed by atoms with E-state index in [1.165, 1.54) is 7.11 Å². The maximum Gasteiger partial charge on any atom is 0.265 e. The van der Waals surface area contributed by atoms with Crippen LogP contribution in [0.4, 0.5) is 5.69 Å². The van der Waals surface area contributed by atoms with Crippen LogP contribution in [0.5, 0.6) is 11.5 Å².